The topological polar surface area (TPSA) is 81.5 Å². The van der Waals surface area contributed by atoms with Crippen LogP contribution in [0, 0.1) is 10.1 Å². The molecule has 104 valence electrons. The lowest BCUT2D eigenvalue weighted by Gasteiger charge is -1.90. The summed E-state index contributed by atoms with van der Waals surface area (Å²) < 4.78 is 5.12. The van der Waals surface area contributed by atoms with E-state index < -0.39 is 4.92 Å². The number of nitro groups is 1. The molecule has 0 aliphatic rings. The van der Waals surface area contributed by atoms with Crippen LogP contribution in [0.1, 0.15) is 5.56 Å². The summed E-state index contributed by atoms with van der Waals surface area (Å²) in [5, 5.41) is 16.3. The van der Waals surface area contributed by atoms with Gasteiger partial charge in [0.15, 0.2) is 0 Å². The molecule has 3 rings (SSSR count). The van der Waals surface area contributed by atoms with Crippen LogP contribution in [0.5, 0.6) is 0 Å². The third-order valence-corrected chi connectivity index (χ3v) is 3.59. The molecular weight excluding hydrogens is 290 g/mol. The molecule has 2 heterocycles. The highest BCUT2D eigenvalue weighted by atomic mass is 32.1. The first-order valence-corrected chi connectivity index (χ1v) is 6.89. The Bertz CT molecular complexity index is 793. The minimum atomic E-state index is -0.427. The van der Waals surface area contributed by atoms with Crippen molar-refractivity contribution in [2.24, 2.45) is 4.99 Å². The van der Waals surface area contributed by atoms with Gasteiger partial charge in [0.25, 0.3) is 5.88 Å². The van der Waals surface area contributed by atoms with Crippen molar-refractivity contribution in [2.75, 3.05) is 0 Å². The Morgan fingerprint density at radius 3 is 2.81 bits per heavy atom. The van der Waals surface area contributed by atoms with Crippen molar-refractivity contribution < 1.29 is 9.45 Å². The van der Waals surface area contributed by atoms with E-state index in [1.54, 1.807) is 11.4 Å². The van der Waals surface area contributed by atoms with E-state index >= 15 is 0 Å². The summed E-state index contributed by atoms with van der Waals surface area (Å²) in [6, 6.07) is 12.8. The number of benzene rings is 1. The summed E-state index contributed by atoms with van der Waals surface area (Å²) >= 11 is 1.06. The van der Waals surface area contributed by atoms with Crippen LogP contribution >= 0.6 is 11.3 Å². The van der Waals surface area contributed by atoms with Crippen molar-refractivity contribution in [1.82, 2.24) is 5.16 Å². The molecule has 0 amide bonds. The highest BCUT2D eigenvalue weighted by Crippen LogP contribution is 2.24. The van der Waals surface area contributed by atoms with Gasteiger partial charge < -0.3 is 4.52 Å². The molecule has 0 spiro atoms. The van der Waals surface area contributed by atoms with Gasteiger partial charge in [-0.3, -0.25) is 10.1 Å². The van der Waals surface area contributed by atoms with Crippen LogP contribution in [0.15, 0.2) is 57.4 Å². The highest BCUT2D eigenvalue weighted by Gasteiger charge is 2.08. The van der Waals surface area contributed by atoms with Gasteiger partial charge in [0.1, 0.15) is 5.69 Å². The van der Waals surface area contributed by atoms with Gasteiger partial charge in [0.05, 0.1) is 4.92 Å². The largest absolute Gasteiger partial charge is 0.336 e. The van der Waals surface area contributed by atoms with Crippen LogP contribution in [0.4, 0.5) is 10.9 Å². The third kappa shape index (κ3) is 3.03. The zero-order valence-corrected chi connectivity index (χ0v) is 11.5. The van der Waals surface area contributed by atoms with E-state index in [1.807, 2.05) is 30.3 Å². The van der Waals surface area contributed by atoms with Crippen molar-refractivity contribution in [3.05, 3.63) is 63.5 Å². The Morgan fingerprint density at radius 1 is 1.29 bits per heavy atom. The quantitative estimate of drug-likeness (QED) is 0.413. The second-order valence-electron chi connectivity index (χ2n) is 4.15. The van der Waals surface area contributed by atoms with Crippen molar-refractivity contribution in [2.45, 2.75) is 0 Å². The lowest BCUT2D eigenvalue weighted by Crippen LogP contribution is -1.81. The van der Waals surface area contributed by atoms with Crippen LogP contribution in [-0.4, -0.2) is 16.3 Å². The molecule has 1 aromatic carbocycles. The molecule has 0 N–H and O–H groups in total. The molecule has 0 saturated carbocycles. The molecule has 0 fully saturated rings. The van der Waals surface area contributed by atoms with E-state index in [4.69, 9.17) is 4.52 Å². The zero-order chi connectivity index (χ0) is 14.7. The Hall–Kier alpha value is -2.80. The van der Waals surface area contributed by atoms with Gasteiger partial charge in [0.2, 0.25) is 0 Å². The van der Waals surface area contributed by atoms with Crippen LogP contribution in [0.25, 0.3) is 11.3 Å². The van der Waals surface area contributed by atoms with E-state index in [0.717, 1.165) is 16.9 Å². The fourth-order valence-electron chi connectivity index (χ4n) is 1.71. The Morgan fingerprint density at radius 2 is 2.10 bits per heavy atom. The van der Waals surface area contributed by atoms with E-state index in [9.17, 15) is 10.1 Å². The fraction of sp³-hybridized carbons (Fsp3) is 0. The smallest absolute Gasteiger partial charge is 0.324 e. The molecule has 3 aromatic rings. The van der Waals surface area contributed by atoms with Gasteiger partial charge in [-0.2, -0.15) is 0 Å². The van der Waals surface area contributed by atoms with Crippen molar-refractivity contribution >= 4 is 28.4 Å². The van der Waals surface area contributed by atoms with Gasteiger partial charge in [-0.25, -0.2) is 4.99 Å². The average Bonchev–Trinajstić information content (AvgIpc) is 3.15. The van der Waals surface area contributed by atoms with E-state index in [1.165, 1.54) is 12.3 Å². The van der Waals surface area contributed by atoms with Crippen LogP contribution in [0.3, 0.4) is 0 Å². The number of aromatic nitrogens is 1. The lowest BCUT2D eigenvalue weighted by atomic mass is 10.2. The first kappa shape index (κ1) is 13.2. The normalized spacial score (nSPS) is 11.0. The molecule has 0 radical (unpaired) electrons. The minimum absolute atomic E-state index is 0.0824. The van der Waals surface area contributed by atoms with Gasteiger partial charge >= 0.3 is 5.00 Å². The molecule has 0 bridgehead atoms. The average molecular weight is 299 g/mol. The summed E-state index contributed by atoms with van der Waals surface area (Å²) in [6.07, 6.45) is 1.51. The Kier molecular flexibility index (Phi) is 3.57. The monoisotopic (exact) mass is 299 g/mol. The number of aliphatic imine (C=N–C) groups is 1. The highest BCUT2D eigenvalue weighted by molar-refractivity contribution is 7.13. The number of hydrogen-bond donors (Lipinski definition) is 0. The molecule has 6 nitrogen and oxygen atoms in total. The van der Waals surface area contributed by atoms with Crippen LogP contribution in [-0.2, 0) is 0 Å². The Labute approximate surface area is 123 Å². The standard InChI is InChI=1S/C14H9N3O3S/c18-17(19)14-6-10(9-21-14)8-15-13-7-12(16-20-13)11-4-2-1-3-5-11/h1-9H. The van der Waals surface area contributed by atoms with Crippen molar-refractivity contribution in [3.63, 3.8) is 0 Å². The summed E-state index contributed by atoms with van der Waals surface area (Å²) in [5.74, 6) is 0.350. The molecule has 0 aliphatic carbocycles. The van der Waals surface area contributed by atoms with Crippen LogP contribution < -0.4 is 0 Å². The number of nitrogens with zero attached hydrogens (tertiary/aromatic N) is 3. The summed E-state index contributed by atoms with van der Waals surface area (Å²) in [5.41, 5.74) is 2.29. The zero-order valence-electron chi connectivity index (χ0n) is 10.7. The second-order valence-corrected chi connectivity index (χ2v) is 5.04. The Balaban J connectivity index is 1.77. The van der Waals surface area contributed by atoms with Gasteiger partial charge in [-0.05, 0) is 0 Å². The van der Waals surface area contributed by atoms with Crippen molar-refractivity contribution in [3.8, 4) is 11.3 Å². The molecule has 0 saturated heterocycles. The van der Waals surface area contributed by atoms with Crippen LogP contribution in [0.2, 0.25) is 0 Å². The number of thiophene rings is 1. The summed E-state index contributed by atoms with van der Waals surface area (Å²) in [4.78, 5) is 14.3. The third-order valence-electron chi connectivity index (χ3n) is 2.69. The molecule has 0 unspecified atom stereocenters. The predicted molar refractivity (Wildman–Crippen MR) is 80.2 cm³/mol. The number of hydrogen-bond acceptors (Lipinski definition) is 6. The summed E-state index contributed by atoms with van der Waals surface area (Å²) in [6.45, 7) is 0. The first-order valence-electron chi connectivity index (χ1n) is 6.01. The first-order chi connectivity index (χ1) is 10.2. The molecule has 21 heavy (non-hydrogen) atoms. The minimum Gasteiger partial charge on any atom is -0.336 e. The number of rotatable bonds is 4. The molecule has 2 aromatic heterocycles. The van der Waals surface area contributed by atoms with E-state index in [2.05, 4.69) is 10.1 Å². The fourth-order valence-corrected chi connectivity index (χ4v) is 2.39. The predicted octanol–water partition coefficient (Wildman–Crippen LogP) is 4.06. The maximum Gasteiger partial charge on any atom is 0.324 e. The second kappa shape index (κ2) is 5.68. The molecule has 0 atom stereocenters. The van der Waals surface area contributed by atoms with Gasteiger partial charge in [-0.15, -0.1) is 0 Å². The SMILES string of the molecule is O=[N+]([O-])c1cc(C=Nc2cc(-c3ccccc3)no2)cs1. The lowest BCUT2D eigenvalue weighted by molar-refractivity contribution is -0.380. The maximum absolute atomic E-state index is 10.6. The van der Waals surface area contributed by atoms with Crippen molar-refractivity contribution in [1.29, 1.82) is 0 Å². The van der Waals surface area contributed by atoms with E-state index in [0.29, 0.717) is 17.1 Å². The van der Waals surface area contributed by atoms with E-state index in [-0.39, 0.29) is 5.00 Å². The van der Waals surface area contributed by atoms with Gasteiger partial charge in [0, 0.05) is 34.9 Å². The van der Waals surface area contributed by atoms with Gasteiger partial charge in [-0.1, -0.05) is 46.8 Å². The maximum atomic E-state index is 10.6. The molecule has 0 aliphatic heterocycles. The summed E-state index contributed by atoms with van der Waals surface area (Å²) in [7, 11) is 0. The molecular formula is C14H9N3O3S. The molecule has 7 heteroatoms.